The lowest BCUT2D eigenvalue weighted by Crippen LogP contribution is -2.41. The molecule has 1 aromatic heterocycles. The molecule has 2 rings (SSSR count). The molecule has 0 aromatic carbocycles. The number of hydrogen-bond donors (Lipinski definition) is 3. The molecule has 0 aliphatic carbocycles. The minimum absolute atomic E-state index is 0.0627. The van der Waals surface area contributed by atoms with E-state index in [1.54, 1.807) is 6.20 Å². The highest BCUT2D eigenvalue weighted by atomic mass is 16.2. The zero-order chi connectivity index (χ0) is 15.2. The number of rotatable bonds is 6. The van der Waals surface area contributed by atoms with Gasteiger partial charge in [-0.3, -0.25) is 25.5 Å². The average molecular weight is 291 g/mol. The molecule has 1 saturated heterocycles. The Bertz CT molecular complexity index is 443. The van der Waals surface area contributed by atoms with Gasteiger partial charge in [-0.1, -0.05) is 6.07 Å². The van der Waals surface area contributed by atoms with Crippen LogP contribution in [0.5, 0.6) is 0 Å². The Labute approximate surface area is 126 Å². The fourth-order valence-corrected chi connectivity index (χ4v) is 2.66. The van der Waals surface area contributed by atoms with E-state index in [1.165, 1.54) is 0 Å². The van der Waals surface area contributed by atoms with Crippen LogP contribution in [0.15, 0.2) is 24.5 Å². The van der Waals surface area contributed by atoms with Crippen LogP contribution in [0.25, 0.3) is 0 Å². The fraction of sp³-hybridized carbons (Fsp3) is 0.600. The van der Waals surface area contributed by atoms with Gasteiger partial charge in [0.05, 0.1) is 6.54 Å². The first-order valence-electron chi connectivity index (χ1n) is 7.41. The van der Waals surface area contributed by atoms with Gasteiger partial charge in [-0.2, -0.15) is 0 Å². The Hall–Kier alpha value is -1.50. The third-order valence-corrected chi connectivity index (χ3v) is 3.95. The van der Waals surface area contributed by atoms with Gasteiger partial charge in [0.2, 0.25) is 5.91 Å². The van der Waals surface area contributed by atoms with E-state index in [9.17, 15) is 4.79 Å². The minimum Gasteiger partial charge on any atom is -0.355 e. The topological polar surface area (TPSA) is 69.3 Å². The third-order valence-electron chi connectivity index (χ3n) is 3.95. The molecular weight excluding hydrogens is 266 g/mol. The number of hydrogen-bond acceptors (Lipinski definition) is 5. The molecule has 1 amide bonds. The van der Waals surface area contributed by atoms with Crippen molar-refractivity contribution >= 4 is 5.91 Å². The van der Waals surface area contributed by atoms with Gasteiger partial charge >= 0.3 is 0 Å². The van der Waals surface area contributed by atoms with E-state index in [1.807, 2.05) is 30.3 Å². The van der Waals surface area contributed by atoms with Crippen LogP contribution in [0.3, 0.4) is 0 Å². The van der Waals surface area contributed by atoms with Crippen LogP contribution in [0.2, 0.25) is 0 Å². The second-order valence-corrected chi connectivity index (χ2v) is 5.87. The van der Waals surface area contributed by atoms with Crippen molar-refractivity contribution in [1.82, 2.24) is 26.1 Å². The van der Waals surface area contributed by atoms with Crippen molar-refractivity contribution in [3.8, 4) is 0 Å². The number of carbonyl (C=O) groups is 1. The molecule has 2 unspecified atom stereocenters. The molecule has 0 spiro atoms. The fourth-order valence-electron chi connectivity index (χ4n) is 2.66. The zero-order valence-electron chi connectivity index (χ0n) is 13.0. The van der Waals surface area contributed by atoms with Gasteiger partial charge in [0.15, 0.2) is 0 Å². The highest BCUT2D eigenvalue weighted by Gasteiger charge is 2.29. The molecule has 0 radical (unpaired) electrons. The summed E-state index contributed by atoms with van der Waals surface area (Å²) in [7, 11) is 1.94. The number of pyridine rings is 1. The Morgan fingerprint density at radius 2 is 2.10 bits per heavy atom. The molecule has 0 bridgehead atoms. The Kier molecular flexibility index (Phi) is 5.67. The van der Waals surface area contributed by atoms with Crippen LogP contribution in [0, 0.1) is 5.92 Å². The first-order valence-corrected chi connectivity index (χ1v) is 7.41. The number of amides is 1. The second-order valence-electron chi connectivity index (χ2n) is 5.87. The lowest BCUT2D eigenvalue weighted by Gasteiger charge is -2.20. The van der Waals surface area contributed by atoms with Crippen molar-refractivity contribution in [3.63, 3.8) is 0 Å². The summed E-state index contributed by atoms with van der Waals surface area (Å²) in [6, 6.07) is 4.66. The van der Waals surface area contributed by atoms with Crippen LogP contribution in [-0.4, -0.2) is 48.0 Å². The van der Waals surface area contributed by atoms with Gasteiger partial charge in [-0.05, 0) is 32.5 Å². The van der Waals surface area contributed by atoms with Crippen LogP contribution < -0.4 is 16.2 Å². The van der Waals surface area contributed by atoms with Gasteiger partial charge in [0, 0.05) is 43.5 Å². The lowest BCUT2D eigenvalue weighted by atomic mass is 9.97. The van der Waals surface area contributed by atoms with E-state index >= 15 is 0 Å². The molecule has 1 aliphatic rings. The maximum absolute atomic E-state index is 12.0. The number of aromatic nitrogens is 1. The number of nitrogens with one attached hydrogen (secondary N) is 3. The predicted molar refractivity (Wildman–Crippen MR) is 82.3 cm³/mol. The standard InChI is InChI=1S/C15H25N5O/c1-11-14(12(2)19-18-11)8-17-15(21)10-20(3)9-13-5-4-6-16-7-13/h4-7,11-12,14,18-19H,8-10H2,1-3H3,(H,17,21). The zero-order valence-corrected chi connectivity index (χ0v) is 13.0. The van der Waals surface area contributed by atoms with Crippen molar-refractivity contribution in [1.29, 1.82) is 0 Å². The van der Waals surface area contributed by atoms with E-state index in [0.717, 1.165) is 12.1 Å². The number of nitrogens with zero attached hydrogens (tertiary/aromatic N) is 2. The number of likely N-dealkylation sites (N-methyl/N-ethyl adjacent to an activating group) is 1. The molecule has 6 nitrogen and oxygen atoms in total. The van der Waals surface area contributed by atoms with Gasteiger partial charge < -0.3 is 5.32 Å². The third kappa shape index (κ3) is 4.77. The second kappa shape index (κ2) is 7.49. The lowest BCUT2D eigenvalue weighted by molar-refractivity contribution is -0.122. The van der Waals surface area contributed by atoms with Gasteiger partial charge in [0.25, 0.3) is 0 Å². The summed E-state index contributed by atoms with van der Waals surface area (Å²) >= 11 is 0. The Morgan fingerprint density at radius 3 is 2.71 bits per heavy atom. The molecule has 1 fully saturated rings. The monoisotopic (exact) mass is 291 g/mol. The first-order chi connectivity index (χ1) is 10.1. The summed E-state index contributed by atoms with van der Waals surface area (Å²) in [5, 5.41) is 3.03. The predicted octanol–water partition coefficient (Wildman–Crippen LogP) is 0.131. The SMILES string of the molecule is CC1NNC(C)C1CNC(=O)CN(C)Cc1cccnc1. The van der Waals surface area contributed by atoms with Crippen LogP contribution in [-0.2, 0) is 11.3 Å². The van der Waals surface area contributed by atoms with Crippen molar-refractivity contribution in [3.05, 3.63) is 30.1 Å². The van der Waals surface area contributed by atoms with Crippen LogP contribution in [0.1, 0.15) is 19.4 Å². The van der Waals surface area contributed by atoms with Gasteiger partial charge in [0.1, 0.15) is 0 Å². The maximum atomic E-state index is 12.0. The highest BCUT2D eigenvalue weighted by molar-refractivity contribution is 5.77. The van der Waals surface area contributed by atoms with Crippen LogP contribution >= 0.6 is 0 Å². The normalized spacial score (nSPS) is 25.2. The molecule has 21 heavy (non-hydrogen) atoms. The van der Waals surface area contributed by atoms with E-state index in [-0.39, 0.29) is 5.91 Å². The van der Waals surface area contributed by atoms with Crippen molar-refractivity contribution in [2.24, 2.45) is 5.92 Å². The van der Waals surface area contributed by atoms with E-state index in [2.05, 4.69) is 35.0 Å². The van der Waals surface area contributed by atoms with E-state index in [4.69, 9.17) is 0 Å². The largest absolute Gasteiger partial charge is 0.355 e. The summed E-state index contributed by atoms with van der Waals surface area (Å²) in [4.78, 5) is 18.1. The van der Waals surface area contributed by atoms with Crippen LogP contribution in [0.4, 0.5) is 0 Å². The molecule has 2 heterocycles. The maximum Gasteiger partial charge on any atom is 0.234 e. The molecule has 1 aromatic rings. The summed E-state index contributed by atoms with van der Waals surface area (Å²) in [5.74, 6) is 0.477. The highest BCUT2D eigenvalue weighted by Crippen LogP contribution is 2.12. The Balaban J connectivity index is 1.71. The first kappa shape index (κ1) is 15.9. The average Bonchev–Trinajstić information content (AvgIpc) is 2.77. The van der Waals surface area contributed by atoms with Gasteiger partial charge in [-0.25, -0.2) is 0 Å². The van der Waals surface area contributed by atoms with Gasteiger partial charge in [-0.15, -0.1) is 0 Å². The number of hydrazine groups is 1. The van der Waals surface area contributed by atoms with Crippen molar-refractivity contribution in [2.45, 2.75) is 32.5 Å². The van der Waals surface area contributed by atoms with Crippen molar-refractivity contribution < 1.29 is 4.79 Å². The Morgan fingerprint density at radius 1 is 1.38 bits per heavy atom. The van der Waals surface area contributed by atoms with Crippen molar-refractivity contribution in [2.75, 3.05) is 20.1 Å². The number of carbonyl (C=O) groups excluding carboxylic acids is 1. The van der Waals surface area contributed by atoms with E-state index in [0.29, 0.717) is 31.1 Å². The molecule has 116 valence electrons. The molecule has 1 aliphatic heterocycles. The molecule has 0 saturated carbocycles. The summed E-state index contributed by atoms with van der Waals surface area (Å²) < 4.78 is 0. The molecular formula is C15H25N5O. The summed E-state index contributed by atoms with van der Waals surface area (Å²) in [6.07, 6.45) is 3.58. The minimum atomic E-state index is 0.0627. The summed E-state index contributed by atoms with van der Waals surface area (Å²) in [5.41, 5.74) is 7.51. The molecule has 6 heteroatoms. The molecule has 3 N–H and O–H groups in total. The smallest absolute Gasteiger partial charge is 0.234 e. The van der Waals surface area contributed by atoms with E-state index < -0.39 is 0 Å². The molecule has 2 atom stereocenters. The summed E-state index contributed by atoms with van der Waals surface area (Å²) in [6.45, 7) is 6.07. The quantitative estimate of drug-likeness (QED) is 0.695.